The molecule has 1 aliphatic rings. The van der Waals surface area contributed by atoms with E-state index < -0.39 is 0 Å². The van der Waals surface area contributed by atoms with E-state index in [9.17, 15) is 0 Å². The molecule has 0 unspecified atom stereocenters. The van der Waals surface area contributed by atoms with Crippen molar-refractivity contribution in [3.63, 3.8) is 0 Å². The zero-order valence-corrected chi connectivity index (χ0v) is 11.6. The van der Waals surface area contributed by atoms with Crippen LogP contribution in [-0.2, 0) is 6.54 Å². The lowest BCUT2D eigenvalue weighted by Crippen LogP contribution is -2.30. The smallest absolute Gasteiger partial charge is 0.119 e. The standard InChI is InChI=1S/C16H25NO/c1-13(2)18-16-10-8-14(9-11-16)12-17-15-6-4-3-5-7-15/h8-11,13,15,17H,3-7,12H2,1-2H3. The van der Waals surface area contributed by atoms with Crippen LogP contribution in [0.25, 0.3) is 0 Å². The molecule has 0 aromatic heterocycles. The molecule has 2 nitrogen and oxygen atoms in total. The molecule has 1 N–H and O–H groups in total. The summed E-state index contributed by atoms with van der Waals surface area (Å²) in [5, 5.41) is 3.66. The highest BCUT2D eigenvalue weighted by atomic mass is 16.5. The lowest BCUT2D eigenvalue weighted by atomic mass is 9.95. The third-order valence-electron chi connectivity index (χ3n) is 3.50. The van der Waals surface area contributed by atoms with E-state index in [-0.39, 0.29) is 6.10 Å². The molecule has 0 spiro atoms. The second-order valence-corrected chi connectivity index (χ2v) is 5.53. The molecule has 1 aliphatic carbocycles. The predicted octanol–water partition coefficient (Wildman–Crippen LogP) is 3.90. The Kier molecular flexibility index (Phi) is 5.06. The van der Waals surface area contributed by atoms with Gasteiger partial charge in [0.15, 0.2) is 0 Å². The van der Waals surface area contributed by atoms with Crippen molar-refractivity contribution in [1.82, 2.24) is 5.32 Å². The van der Waals surface area contributed by atoms with Crippen LogP contribution in [0.15, 0.2) is 24.3 Å². The average molecular weight is 247 g/mol. The third kappa shape index (κ3) is 4.34. The van der Waals surface area contributed by atoms with Gasteiger partial charge < -0.3 is 10.1 Å². The van der Waals surface area contributed by atoms with Crippen LogP contribution in [-0.4, -0.2) is 12.1 Å². The molecule has 18 heavy (non-hydrogen) atoms. The zero-order valence-electron chi connectivity index (χ0n) is 11.6. The molecule has 0 aliphatic heterocycles. The highest BCUT2D eigenvalue weighted by Gasteiger charge is 2.12. The van der Waals surface area contributed by atoms with Crippen LogP contribution in [0, 0.1) is 0 Å². The summed E-state index contributed by atoms with van der Waals surface area (Å²) in [6.45, 7) is 5.09. The molecular weight excluding hydrogens is 222 g/mol. The molecule has 100 valence electrons. The van der Waals surface area contributed by atoms with E-state index in [1.807, 2.05) is 0 Å². The maximum atomic E-state index is 5.64. The fourth-order valence-corrected chi connectivity index (χ4v) is 2.53. The Balaban J connectivity index is 1.78. The van der Waals surface area contributed by atoms with E-state index in [0.717, 1.165) is 18.3 Å². The Morgan fingerprint density at radius 2 is 1.78 bits per heavy atom. The Bertz CT molecular complexity index is 339. The molecule has 1 fully saturated rings. The summed E-state index contributed by atoms with van der Waals surface area (Å²) in [5.41, 5.74) is 1.34. The van der Waals surface area contributed by atoms with Crippen LogP contribution in [0.3, 0.4) is 0 Å². The second kappa shape index (κ2) is 6.79. The van der Waals surface area contributed by atoms with Gasteiger partial charge in [0.25, 0.3) is 0 Å². The normalized spacial score (nSPS) is 17.1. The topological polar surface area (TPSA) is 21.3 Å². The highest BCUT2D eigenvalue weighted by molar-refractivity contribution is 5.27. The summed E-state index contributed by atoms with van der Waals surface area (Å²) in [6.07, 6.45) is 7.12. The van der Waals surface area contributed by atoms with Gasteiger partial charge >= 0.3 is 0 Å². The monoisotopic (exact) mass is 247 g/mol. The predicted molar refractivity (Wildman–Crippen MR) is 75.9 cm³/mol. The molecule has 1 saturated carbocycles. The molecule has 0 amide bonds. The van der Waals surface area contributed by atoms with Crippen LogP contribution in [0.4, 0.5) is 0 Å². The summed E-state index contributed by atoms with van der Waals surface area (Å²) in [7, 11) is 0. The van der Waals surface area contributed by atoms with Crippen molar-refractivity contribution in [1.29, 1.82) is 0 Å². The quantitative estimate of drug-likeness (QED) is 0.852. The summed E-state index contributed by atoms with van der Waals surface area (Å²) in [5.74, 6) is 0.964. The molecule has 0 saturated heterocycles. The van der Waals surface area contributed by atoms with Crippen molar-refractivity contribution in [2.45, 2.75) is 64.6 Å². The Morgan fingerprint density at radius 1 is 1.11 bits per heavy atom. The van der Waals surface area contributed by atoms with Crippen LogP contribution in [0.2, 0.25) is 0 Å². The van der Waals surface area contributed by atoms with Crippen molar-refractivity contribution >= 4 is 0 Å². The first kappa shape index (κ1) is 13.4. The lowest BCUT2D eigenvalue weighted by Gasteiger charge is -2.22. The third-order valence-corrected chi connectivity index (χ3v) is 3.50. The van der Waals surface area contributed by atoms with Crippen molar-refractivity contribution in [2.75, 3.05) is 0 Å². The molecule has 1 aromatic carbocycles. The molecule has 0 bridgehead atoms. The van der Waals surface area contributed by atoms with Crippen LogP contribution in [0.5, 0.6) is 5.75 Å². The van der Waals surface area contributed by atoms with Gasteiger partial charge in [0.1, 0.15) is 5.75 Å². The fraction of sp³-hybridized carbons (Fsp3) is 0.625. The SMILES string of the molecule is CC(C)Oc1ccc(CNC2CCCCC2)cc1. The number of hydrogen-bond acceptors (Lipinski definition) is 2. The van der Waals surface area contributed by atoms with Gasteiger partial charge in [-0.05, 0) is 44.4 Å². The Labute approximate surface area is 111 Å². The molecule has 0 heterocycles. The van der Waals surface area contributed by atoms with Gasteiger partial charge in [0.05, 0.1) is 6.10 Å². The maximum Gasteiger partial charge on any atom is 0.119 e. The van der Waals surface area contributed by atoms with Crippen LogP contribution < -0.4 is 10.1 Å². The molecule has 2 heteroatoms. The van der Waals surface area contributed by atoms with Crippen molar-refractivity contribution < 1.29 is 4.74 Å². The van der Waals surface area contributed by atoms with E-state index in [0.29, 0.717) is 0 Å². The Hall–Kier alpha value is -1.02. The number of nitrogens with one attached hydrogen (secondary N) is 1. The summed E-state index contributed by atoms with van der Waals surface area (Å²) < 4.78 is 5.64. The van der Waals surface area contributed by atoms with Gasteiger partial charge in [-0.25, -0.2) is 0 Å². The summed E-state index contributed by atoms with van der Waals surface area (Å²) in [4.78, 5) is 0. The number of rotatable bonds is 5. The van der Waals surface area contributed by atoms with Gasteiger partial charge in [0.2, 0.25) is 0 Å². The van der Waals surface area contributed by atoms with E-state index >= 15 is 0 Å². The first-order chi connectivity index (χ1) is 8.74. The largest absolute Gasteiger partial charge is 0.491 e. The molecular formula is C16H25NO. The Morgan fingerprint density at radius 3 is 2.39 bits per heavy atom. The minimum atomic E-state index is 0.246. The van der Waals surface area contributed by atoms with Crippen LogP contribution in [0.1, 0.15) is 51.5 Å². The molecule has 0 radical (unpaired) electrons. The first-order valence-electron chi connectivity index (χ1n) is 7.23. The van der Waals surface area contributed by atoms with Crippen molar-refractivity contribution in [3.05, 3.63) is 29.8 Å². The summed E-state index contributed by atoms with van der Waals surface area (Å²) >= 11 is 0. The first-order valence-corrected chi connectivity index (χ1v) is 7.23. The van der Waals surface area contributed by atoms with Crippen molar-refractivity contribution in [2.24, 2.45) is 0 Å². The van der Waals surface area contributed by atoms with Crippen LogP contribution >= 0.6 is 0 Å². The van der Waals surface area contributed by atoms with Gasteiger partial charge in [-0.15, -0.1) is 0 Å². The second-order valence-electron chi connectivity index (χ2n) is 5.53. The number of hydrogen-bond donors (Lipinski definition) is 1. The summed E-state index contributed by atoms with van der Waals surface area (Å²) in [6, 6.07) is 9.18. The molecule has 0 atom stereocenters. The van der Waals surface area contributed by atoms with E-state index in [2.05, 4.69) is 43.4 Å². The van der Waals surface area contributed by atoms with Gasteiger partial charge in [-0.3, -0.25) is 0 Å². The van der Waals surface area contributed by atoms with Gasteiger partial charge in [-0.1, -0.05) is 31.4 Å². The average Bonchev–Trinajstić information content (AvgIpc) is 2.38. The number of benzene rings is 1. The van der Waals surface area contributed by atoms with Gasteiger partial charge in [0, 0.05) is 12.6 Å². The van der Waals surface area contributed by atoms with E-state index in [4.69, 9.17) is 4.74 Å². The zero-order chi connectivity index (χ0) is 12.8. The minimum Gasteiger partial charge on any atom is -0.491 e. The fourth-order valence-electron chi connectivity index (χ4n) is 2.53. The van der Waals surface area contributed by atoms with Gasteiger partial charge in [-0.2, -0.15) is 0 Å². The minimum absolute atomic E-state index is 0.246. The highest BCUT2D eigenvalue weighted by Crippen LogP contribution is 2.18. The maximum absolute atomic E-state index is 5.64. The lowest BCUT2D eigenvalue weighted by molar-refractivity contribution is 0.242. The molecule has 1 aromatic rings. The van der Waals surface area contributed by atoms with E-state index in [1.54, 1.807) is 0 Å². The molecule has 2 rings (SSSR count). The van der Waals surface area contributed by atoms with E-state index in [1.165, 1.54) is 37.7 Å². The van der Waals surface area contributed by atoms with Crippen molar-refractivity contribution in [3.8, 4) is 5.75 Å². The number of ether oxygens (including phenoxy) is 1.